The monoisotopic (exact) mass is 430 g/mol. The molecule has 2 aliphatic rings. The largest absolute Gasteiger partial charge is 0.444 e. The van der Waals surface area contributed by atoms with Gasteiger partial charge >= 0.3 is 6.09 Å². The average molecular weight is 431 g/mol. The van der Waals surface area contributed by atoms with Gasteiger partial charge in [0.25, 0.3) is 0 Å². The molecule has 168 valence electrons. The number of carbonyl (C=O) groups excluding carboxylic acids is 1. The molecule has 0 spiro atoms. The van der Waals surface area contributed by atoms with Crippen molar-refractivity contribution < 1.29 is 9.53 Å². The number of rotatable bonds is 2. The Hall–Kier alpha value is -2.75. The van der Waals surface area contributed by atoms with E-state index in [-0.39, 0.29) is 6.09 Å². The van der Waals surface area contributed by atoms with Gasteiger partial charge in [-0.05, 0) is 68.4 Å². The third kappa shape index (κ3) is 4.28. The van der Waals surface area contributed by atoms with Crippen LogP contribution in [0.5, 0.6) is 0 Å². The van der Waals surface area contributed by atoms with Crippen LogP contribution < -0.4 is 0 Å². The van der Waals surface area contributed by atoms with Gasteiger partial charge in [-0.1, -0.05) is 49.6 Å². The molecule has 2 heterocycles. The summed E-state index contributed by atoms with van der Waals surface area (Å²) in [5.74, 6) is 0.732. The smallest absolute Gasteiger partial charge is 0.410 e. The molecule has 1 amide bonds. The number of aromatic nitrogens is 1. The fraction of sp³-hybridized carbons (Fsp3) is 0.464. The number of aromatic amines is 1. The van der Waals surface area contributed by atoms with Crippen LogP contribution in [-0.2, 0) is 17.7 Å². The number of nitrogens with one attached hydrogen (secondary N) is 1. The van der Waals surface area contributed by atoms with E-state index < -0.39 is 5.60 Å². The number of H-pyrrole nitrogens is 1. The molecular weight excluding hydrogens is 396 g/mol. The molecule has 1 saturated carbocycles. The Balaban J connectivity index is 1.40. The van der Waals surface area contributed by atoms with Gasteiger partial charge in [0.1, 0.15) is 5.60 Å². The van der Waals surface area contributed by atoms with Gasteiger partial charge in [0.05, 0.1) is 6.54 Å². The van der Waals surface area contributed by atoms with Gasteiger partial charge in [-0.2, -0.15) is 0 Å². The SMILES string of the molecule is CC(C)(C)OC(=O)N1CCc2[nH]c3ccc(-c4ccc(C5CCCCC5)cc4)cc3c2C1. The summed E-state index contributed by atoms with van der Waals surface area (Å²) in [6.07, 6.45) is 7.37. The highest BCUT2D eigenvalue weighted by Gasteiger charge is 2.28. The molecule has 4 heteroatoms. The van der Waals surface area contributed by atoms with Crippen molar-refractivity contribution in [3.8, 4) is 11.1 Å². The van der Waals surface area contributed by atoms with E-state index in [0.29, 0.717) is 13.1 Å². The predicted octanol–water partition coefficient (Wildman–Crippen LogP) is 7.18. The molecule has 0 radical (unpaired) electrons. The molecule has 32 heavy (non-hydrogen) atoms. The Bertz CT molecular complexity index is 1110. The van der Waals surface area contributed by atoms with E-state index in [1.807, 2.05) is 25.7 Å². The maximum atomic E-state index is 12.6. The average Bonchev–Trinajstić information content (AvgIpc) is 3.16. The highest BCUT2D eigenvalue weighted by molar-refractivity contribution is 5.89. The van der Waals surface area contributed by atoms with Crippen LogP contribution in [-0.4, -0.2) is 28.1 Å². The summed E-state index contributed by atoms with van der Waals surface area (Å²) >= 11 is 0. The summed E-state index contributed by atoms with van der Waals surface area (Å²) in [5, 5.41) is 1.21. The van der Waals surface area contributed by atoms with Gasteiger partial charge in [0.2, 0.25) is 0 Å². The Morgan fingerprint density at radius 2 is 1.72 bits per heavy atom. The second-order valence-corrected chi connectivity index (χ2v) is 10.5. The lowest BCUT2D eigenvalue weighted by Gasteiger charge is -2.30. The molecule has 1 fully saturated rings. The summed E-state index contributed by atoms with van der Waals surface area (Å²) in [4.78, 5) is 18.0. The second kappa shape index (κ2) is 8.31. The molecule has 0 atom stereocenters. The highest BCUT2D eigenvalue weighted by Crippen LogP contribution is 2.35. The molecule has 0 bridgehead atoms. The minimum atomic E-state index is -0.478. The normalized spacial score (nSPS) is 17.4. The number of hydrogen-bond donors (Lipinski definition) is 1. The van der Waals surface area contributed by atoms with Crippen LogP contribution in [0.15, 0.2) is 42.5 Å². The van der Waals surface area contributed by atoms with Crippen molar-refractivity contribution in [2.45, 2.75) is 77.4 Å². The van der Waals surface area contributed by atoms with Gasteiger partial charge in [0, 0.05) is 35.1 Å². The molecule has 0 saturated heterocycles. The molecule has 1 N–H and O–H groups in total. The summed E-state index contributed by atoms with van der Waals surface area (Å²) in [5.41, 5.74) is 7.09. The maximum absolute atomic E-state index is 12.6. The lowest BCUT2D eigenvalue weighted by atomic mass is 9.83. The quantitative estimate of drug-likeness (QED) is 0.468. The molecule has 4 nitrogen and oxygen atoms in total. The summed E-state index contributed by atoms with van der Waals surface area (Å²) in [6, 6.07) is 15.9. The van der Waals surface area contributed by atoms with E-state index in [1.54, 1.807) is 0 Å². The van der Waals surface area contributed by atoms with Crippen LogP contribution in [0.4, 0.5) is 4.79 Å². The fourth-order valence-electron chi connectivity index (χ4n) is 5.26. The molecule has 3 aromatic rings. The zero-order valence-corrected chi connectivity index (χ0v) is 19.5. The summed E-state index contributed by atoms with van der Waals surface area (Å²) in [6.45, 7) is 7.02. The molecule has 2 aromatic carbocycles. The number of ether oxygens (including phenoxy) is 1. The van der Waals surface area contributed by atoms with Crippen LogP contribution >= 0.6 is 0 Å². The van der Waals surface area contributed by atoms with Crippen molar-refractivity contribution in [3.05, 3.63) is 59.3 Å². The van der Waals surface area contributed by atoms with Gasteiger partial charge in [-0.15, -0.1) is 0 Å². The minimum Gasteiger partial charge on any atom is -0.444 e. The van der Waals surface area contributed by atoms with Crippen molar-refractivity contribution in [2.24, 2.45) is 0 Å². The van der Waals surface area contributed by atoms with Crippen molar-refractivity contribution in [1.82, 2.24) is 9.88 Å². The lowest BCUT2D eigenvalue weighted by Crippen LogP contribution is -2.39. The Morgan fingerprint density at radius 1 is 1.00 bits per heavy atom. The standard InChI is InChI=1S/C28H34N2O2/c1-28(2,3)32-27(31)30-16-15-26-24(18-30)23-17-22(13-14-25(23)29-26)21-11-9-20(10-12-21)19-7-5-4-6-8-19/h9-14,17,19,29H,4-8,15-16,18H2,1-3H3. The summed E-state index contributed by atoms with van der Waals surface area (Å²) in [7, 11) is 0. The van der Waals surface area contributed by atoms with Gasteiger partial charge in [-0.3, -0.25) is 0 Å². The maximum Gasteiger partial charge on any atom is 0.410 e. The van der Waals surface area contributed by atoms with E-state index in [9.17, 15) is 4.79 Å². The Morgan fingerprint density at radius 3 is 2.44 bits per heavy atom. The zero-order chi connectivity index (χ0) is 22.3. The minimum absolute atomic E-state index is 0.230. The first-order valence-corrected chi connectivity index (χ1v) is 12.1. The molecule has 1 aromatic heterocycles. The number of amides is 1. The van der Waals surface area contributed by atoms with Gasteiger partial charge in [-0.25, -0.2) is 4.79 Å². The first-order valence-electron chi connectivity index (χ1n) is 12.1. The van der Waals surface area contributed by atoms with Crippen LogP contribution in [0.1, 0.15) is 75.6 Å². The number of fused-ring (bicyclic) bond motifs is 3. The number of nitrogens with zero attached hydrogens (tertiary/aromatic N) is 1. The van der Waals surface area contributed by atoms with E-state index >= 15 is 0 Å². The van der Waals surface area contributed by atoms with Crippen LogP contribution in [0.25, 0.3) is 22.0 Å². The van der Waals surface area contributed by atoms with E-state index in [4.69, 9.17) is 4.74 Å². The summed E-state index contributed by atoms with van der Waals surface area (Å²) < 4.78 is 5.61. The fourth-order valence-corrected chi connectivity index (χ4v) is 5.26. The van der Waals surface area contributed by atoms with Gasteiger partial charge < -0.3 is 14.6 Å². The first kappa shape index (κ1) is 21.1. The third-order valence-electron chi connectivity index (χ3n) is 6.95. The molecule has 1 aliphatic heterocycles. The molecule has 5 rings (SSSR count). The Labute approximate surface area is 191 Å². The Kier molecular flexibility index (Phi) is 5.48. The molecule has 1 aliphatic carbocycles. The zero-order valence-electron chi connectivity index (χ0n) is 19.5. The predicted molar refractivity (Wildman–Crippen MR) is 130 cm³/mol. The second-order valence-electron chi connectivity index (χ2n) is 10.5. The van der Waals surface area contributed by atoms with Crippen LogP contribution in [0.3, 0.4) is 0 Å². The lowest BCUT2D eigenvalue weighted by molar-refractivity contribution is 0.0224. The van der Waals surface area contributed by atoms with Crippen molar-refractivity contribution in [2.75, 3.05) is 6.54 Å². The molecule has 0 unspecified atom stereocenters. The van der Waals surface area contributed by atoms with E-state index in [1.165, 1.54) is 65.4 Å². The first-order chi connectivity index (χ1) is 15.4. The van der Waals surface area contributed by atoms with Crippen molar-refractivity contribution >= 4 is 17.0 Å². The highest BCUT2D eigenvalue weighted by atomic mass is 16.6. The van der Waals surface area contributed by atoms with Crippen LogP contribution in [0, 0.1) is 0 Å². The topological polar surface area (TPSA) is 45.3 Å². The van der Waals surface area contributed by atoms with Crippen molar-refractivity contribution in [1.29, 1.82) is 0 Å². The van der Waals surface area contributed by atoms with Gasteiger partial charge in [0.15, 0.2) is 0 Å². The molecular formula is C28H34N2O2. The number of hydrogen-bond acceptors (Lipinski definition) is 2. The number of benzene rings is 2. The van der Waals surface area contributed by atoms with Crippen molar-refractivity contribution in [3.63, 3.8) is 0 Å². The van der Waals surface area contributed by atoms with E-state index in [0.717, 1.165) is 17.9 Å². The number of carbonyl (C=O) groups is 1. The van der Waals surface area contributed by atoms with Crippen LogP contribution in [0.2, 0.25) is 0 Å². The van der Waals surface area contributed by atoms with E-state index in [2.05, 4.69) is 47.4 Å². The third-order valence-corrected chi connectivity index (χ3v) is 6.95.